The van der Waals surface area contributed by atoms with E-state index in [2.05, 4.69) is 15.9 Å². The van der Waals surface area contributed by atoms with Crippen LogP contribution in [0.15, 0.2) is 34.8 Å². The Balaban J connectivity index is 1.95. The van der Waals surface area contributed by atoms with Crippen LogP contribution in [0.1, 0.15) is 24.3 Å². The van der Waals surface area contributed by atoms with Gasteiger partial charge in [0.2, 0.25) is 0 Å². The fraction of sp³-hybridized carbons (Fsp3) is 0.200. The Bertz CT molecular complexity index is 671. The van der Waals surface area contributed by atoms with Crippen molar-refractivity contribution in [2.75, 3.05) is 5.73 Å². The molecule has 0 unspecified atom stereocenters. The van der Waals surface area contributed by atoms with Gasteiger partial charge in [-0.2, -0.15) is 0 Å². The molecule has 0 radical (unpaired) electrons. The molecule has 1 fully saturated rings. The standard InChI is InChI=1S/C15H12BrF2NO/c16-11-7-13(19)10(8-1-2-8)6-15(11)20-14-4-3-9(17)5-12(14)18/h3-8H,1-2,19H2. The molecular weight excluding hydrogens is 328 g/mol. The molecule has 2 aromatic carbocycles. The summed E-state index contributed by atoms with van der Waals surface area (Å²) in [6.07, 6.45) is 2.21. The van der Waals surface area contributed by atoms with E-state index in [1.54, 1.807) is 6.07 Å². The Morgan fingerprint density at radius 1 is 1.10 bits per heavy atom. The first-order valence-electron chi connectivity index (χ1n) is 6.26. The minimum Gasteiger partial charge on any atom is -0.453 e. The van der Waals surface area contributed by atoms with Crippen molar-refractivity contribution in [1.29, 1.82) is 0 Å². The van der Waals surface area contributed by atoms with Gasteiger partial charge in [0.25, 0.3) is 0 Å². The van der Waals surface area contributed by atoms with Crippen molar-refractivity contribution in [2.45, 2.75) is 18.8 Å². The average molecular weight is 340 g/mol. The van der Waals surface area contributed by atoms with Crippen LogP contribution in [0.3, 0.4) is 0 Å². The number of halogens is 3. The molecule has 0 aliphatic heterocycles. The third-order valence-corrected chi connectivity index (χ3v) is 3.89. The zero-order chi connectivity index (χ0) is 14.3. The maximum Gasteiger partial charge on any atom is 0.168 e. The molecule has 2 N–H and O–H groups in total. The molecular formula is C15H12BrF2NO. The summed E-state index contributed by atoms with van der Waals surface area (Å²) in [6, 6.07) is 6.79. The largest absolute Gasteiger partial charge is 0.453 e. The normalized spacial score (nSPS) is 14.3. The van der Waals surface area contributed by atoms with E-state index >= 15 is 0 Å². The molecule has 104 valence electrons. The molecule has 2 aromatic rings. The van der Waals surface area contributed by atoms with Gasteiger partial charge in [0, 0.05) is 11.8 Å². The predicted molar refractivity (Wildman–Crippen MR) is 77.0 cm³/mol. The first-order chi connectivity index (χ1) is 9.54. The smallest absolute Gasteiger partial charge is 0.168 e. The van der Waals surface area contributed by atoms with Gasteiger partial charge in [-0.1, -0.05) is 0 Å². The topological polar surface area (TPSA) is 35.2 Å². The lowest BCUT2D eigenvalue weighted by Gasteiger charge is -2.12. The van der Waals surface area contributed by atoms with E-state index in [1.165, 1.54) is 6.07 Å². The lowest BCUT2D eigenvalue weighted by molar-refractivity contribution is 0.435. The molecule has 0 saturated heterocycles. The molecule has 20 heavy (non-hydrogen) atoms. The number of nitrogens with two attached hydrogens (primary N) is 1. The summed E-state index contributed by atoms with van der Waals surface area (Å²) < 4.78 is 32.7. The maximum atomic E-state index is 13.6. The van der Waals surface area contributed by atoms with Crippen LogP contribution in [0, 0.1) is 11.6 Å². The van der Waals surface area contributed by atoms with Gasteiger partial charge in [0.15, 0.2) is 11.6 Å². The third-order valence-electron chi connectivity index (χ3n) is 3.27. The average Bonchev–Trinajstić information content (AvgIpc) is 3.19. The number of ether oxygens (including phenoxy) is 1. The van der Waals surface area contributed by atoms with Gasteiger partial charge < -0.3 is 10.5 Å². The molecule has 0 heterocycles. The number of hydrogen-bond acceptors (Lipinski definition) is 2. The second-order valence-electron chi connectivity index (χ2n) is 4.86. The van der Waals surface area contributed by atoms with Crippen LogP contribution in [-0.2, 0) is 0 Å². The van der Waals surface area contributed by atoms with E-state index in [4.69, 9.17) is 10.5 Å². The fourth-order valence-electron chi connectivity index (χ4n) is 2.09. The zero-order valence-corrected chi connectivity index (χ0v) is 12.1. The van der Waals surface area contributed by atoms with E-state index in [1.807, 2.05) is 6.07 Å². The highest BCUT2D eigenvalue weighted by Crippen LogP contribution is 2.46. The van der Waals surface area contributed by atoms with Crippen molar-refractivity contribution < 1.29 is 13.5 Å². The Labute approximate surface area is 123 Å². The van der Waals surface area contributed by atoms with Crippen LogP contribution in [0.4, 0.5) is 14.5 Å². The number of benzene rings is 2. The summed E-state index contributed by atoms with van der Waals surface area (Å²) in [6.45, 7) is 0. The molecule has 2 nitrogen and oxygen atoms in total. The molecule has 3 rings (SSSR count). The zero-order valence-electron chi connectivity index (χ0n) is 10.5. The third kappa shape index (κ3) is 2.63. The van der Waals surface area contributed by atoms with Gasteiger partial charge >= 0.3 is 0 Å². The minimum absolute atomic E-state index is 0.0152. The van der Waals surface area contributed by atoms with Crippen molar-refractivity contribution in [1.82, 2.24) is 0 Å². The number of nitrogen functional groups attached to an aromatic ring is 1. The van der Waals surface area contributed by atoms with Crippen molar-refractivity contribution in [3.63, 3.8) is 0 Å². The Morgan fingerprint density at radius 2 is 1.85 bits per heavy atom. The summed E-state index contributed by atoms with van der Waals surface area (Å²) in [7, 11) is 0. The summed E-state index contributed by atoms with van der Waals surface area (Å²) in [5.74, 6) is -0.444. The fourth-order valence-corrected chi connectivity index (χ4v) is 2.53. The van der Waals surface area contributed by atoms with Crippen molar-refractivity contribution in [2.24, 2.45) is 0 Å². The summed E-state index contributed by atoms with van der Waals surface area (Å²) in [5.41, 5.74) is 7.68. The highest BCUT2D eigenvalue weighted by Gasteiger charge is 2.26. The molecule has 0 bridgehead atoms. The maximum absolute atomic E-state index is 13.6. The van der Waals surface area contributed by atoms with Crippen LogP contribution in [0.5, 0.6) is 11.5 Å². The number of hydrogen-bond donors (Lipinski definition) is 1. The molecule has 0 amide bonds. The summed E-state index contributed by atoms with van der Waals surface area (Å²) >= 11 is 3.35. The molecule has 1 aliphatic rings. The SMILES string of the molecule is Nc1cc(Br)c(Oc2ccc(F)cc2F)cc1C1CC1. The second kappa shape index (κ2) is 5.05. The van der Waals surface area contributed by atoms with Gasteiger partial charge in [-0.3, -0.25) is 0 Å². The van der Waals surface area contributed by atoms with E-state index in [0.717, 1.165) is 30.5 Å². The molecule has 0 atom stereocenters. The van der Waals surface area contributed by atoms with E-state index in [-0.39, 0.29) is 5.75 Å². The monoisotopic (exact) mass is 339 g/mol. The van der Waals surface area contributed by atoms with Gasteiger partial charge in [0.1, 0.15) is 11.6 Å². The lowest BCUT2D eigenvalue weighted by Crippen LogP contribution is -1.96. The highest BCUT2D eigenvalue weighted by atomic mass is 79.9. The molecule has 1 aliphatic carbocycles. The van der Waals surface area contributed by atoms with E-state index in [9.17, 15) is 8.78 Å². The van der Waals surface area contributed by atoms with Gasteiger partial charge in [-0.15, -0.1) is 0 Å². The minimum atomic E-state index is -0.735. The highest BCUT2D eigenvalue weighted by molar-refractivity contribution is 9.10. The quantitative estimate of drug-likeness (QED) is 0.800. The van der Waals surface area contributed by atoms with Gasteiger partial charge in [-0.05, 0) is 64.5 Å². The number of rotatable bonds is 3. The van der Waals surface area contributed by atoms with E-state index in [0.29, 0.717) is 21.8 Å². The molecule has 0 aromatic heterocycles. The first-order valence-corrected chi connectivity index (χ1v) is 7.05. The van der Waals surface area contributed by atoms with Crippen LogP contribution in [0.2, 0.25) is 0 Å². The van der Waals surface area contributed by atoms with Crippen LogP contribution in [-0.4, -0.2) is 0 Å². The summed E-state index contributed by atoms with van der Waals surface area (Å²) in [4.78, 5) is 0. The summed E-state index contributed by atoms with van der Waals surface area (Å²) in [5, 5.41) is 0. The Hall–Kier alpha value is -1.62. The first kappa shape index (κ1) is 13.4. The Kier molecular flexibility index (Phi) is 3.38. The Morgan fingerprint density at radius 3 is 2.50 bits per heavy atom. The predicted octanol–water partition coefficient (Wildman–Crippen LogP) is 4.98. The number of anilines is 1. The van der Waals surface area contributed by atoms with E-state index < -0.39 is 11.6 Å². The molecule has 1 saturated carbocycles. The molecule has 0 spiro atoms. The van der Waals surface area contributed by atoms with Crippen molar-refractivity contribution in [3.05, 3.63) is 52.0 Å². The van der Waals surface area contributed by atoms with Crippen LogP contribution >= 0.6 is 15.9 Å². The molecule has 5 heteroatoms. The van der Waals surface area contributed by atoms with Gasteiger partial charge in [-0.25, -0.2) is 8.78 Å². The van der Waals surface area contributed by atoms with Crippen LogP contribution < -0.4 is 10.5 Å². The van der Waals surface area contributed by atoms with Crippen molar-refractivity contribution >= 4 is 21.6 Å². The lowest BCUT2D eigenvalue weighted by atomic mass is 10.1. The van der Waals surface area contributed by atoms with Crippen molar-refractivity contribution in [3.8, 4) is 11.5 Å². The van der Waals surface area contributed by atoms with Gasteiger partial charge in [0.05, 0.1) is 4.47 Å². The van der Waals surface area contributed by atoms with Crippen LogP contribution in [0.25, 0.3) is 0 Å². The second-order valence-corrected chi connectivity index (χ2v) is 5.72.